The number of benzene rings is 3. The standard InChI is InChI=1S/C32H33F3N2O3.CH2O2/c1-39-25-6-2-4-22(18-25)20-37(24-11-12-24)32(38)27-19-36-16-15-26(27)23-9-7-21(8-10-23)5-3-17-40-31-29(34)14-13-28(33)30(31)35;2-1-3/h2,4,6-10,13-15,18,24,27,36H,3,5,11-12,16-17,19-20H2,1H3;1H,(H,2,3). The van der Waals surface area contributed by atoms with Crippen LogP contribution in [-0.2, 0) is 22.6 Å². The number of ether oxygens (including phenoxy) is 2. The van der Waals surface area contributed by atoms with E-state index in [1.165, 1.54) is 0 Å². The molecule has 1 unspecified atom stereocenters. The molecule has 10 heteroatoms. The maximum atomic E-state index is 13.9. The third kappa shape index (κ3) is 8.38. The Bertz CT molecular complexity index is 1430. The van der Waals surface area contributed by atoms with Gasteiger partial charge >= 0.3 is 0 Å². The lowest BCUT2D eigenvalue weighted by molar-refractivity contribution is -0.134. The van der Waals surface area contributed by atoms with E-state index in [1.807, 2.05) is 53.4 Å². The van der Waals surface area contributed by atoms with Crippen LogP contribution in [0.4, 0.5) is 13.2 Å². The summed E-state index contributed by atoms with van der Waals surface area (Å²) in [5, 5.41) is 10.2. The maximum Gasteiger partial charge on any atom is 0.290 e. The van der Waals surface area contributed by atoms with Crippen molar-refractivity contribution in [3.8, 4) is 11.5 Å². The first-order valence-electron chi connectivity index (χ1n) is 14.1. The summed E-state index contributed by atoms with van der Waals surface area (Å²) in [4.78, 5) is 24.2. The molecular formula is C33H35F3N2O5. The van der Waals surface area contributed by atoms with Gasteiger partial charge in [0.25, 0.3) is 6.47 Å². The average Bonchev–Trinajstić information content (AvgIpc) is 3.87. The monoisotopic (exact) mass is 596 g/mol. The summed E-state index contributed by atoms with van der Waals surface area (Å²) in [5.74, 6) is -3.44. The van der Waals surface area contributed by atoms with Crippen molar-refractivity contribution in [3.63, 3.8) is 0 Å². The minimum absolute atomic E-state index is 0.0523. The van der Waals surface area contributed by atoms with Gasteiger partial charge in [-0.1, -0.05) is 42.5 Å². The molecule has 1 atom stereocenters. The minimum Gasteiger partial charge on any atom is -0.497 e. The number of halogens is 3. The van der Waals surface area contributed by atoms with Gasteiger partial charge < -0.3 is 24.8 Å². The first kappa shape index (κ1) is 31.6. The summed E-state index contributed by atoms with van der Waals surface area (Å²) >= 11 is 0. The molecule has 3 aromatic carbocycles. The van der Waals surface area contributed by atoms with Crippen LogP contribution in [0.25, 0.3) is 5.57 Å². The highest BCUT2D eigenvalue weighted by Gasteiger charge is 2.37. The van der Waals surface area contributed by atoms with E-state index >= 15 is 0 Å². The molecule has 1 aliphatic heterocycles. The van der Waals surface area contributed by atoms with Crippen LogP contribution >= 0.6 is 0 Å². The lowest BCUT2D eigenvalue weighted by Gasteiger charge is -2.31. The molecule has 1 aliphatic carbocycles. The fourth-order valence-corrected chi connectivity index (χ4v) is 5.10. The van der Waals surface area contributed by atoms with Crippen molar-refractivity contribution in [1.29, 1.82) is 0 Å². The summed E-state index contributed by atoms with van der Waals surface area (Å²) in [6.07, 6.45) is 5.26. The minimum atomic E-state index is -1.31. The molecule has 1 saturated carbocycles. The van der Waals surface area contributed by atoms with Gasteiger partial charge in [0.2, 0.25) is 11.7 Å². The molecule has 1 heterocycles. The van der Waals surface area contributed by atoms with E-state index in [4.69, 9.17) is 19.4 Å². The van der Waals surface area contributed by atoms with Crippen LogP contribution in [0.2, 0.25) is 0 Å². The smallest absolute Gasteiger partial charge is 0.290 e. The molecule has 2 aliphatic rings. The van der Waals surface area contributed by atoms with Crippen molar-refractivity contribution in [3.05, 3.63) is 101 Å². The third-order valence-corrected chi connectivity index (χ3v) is 7.39. The molecule has 0 saturated heterocycles. The van der Waals surface area contributed by atoms with E-state index in [2.05, 4.69) is 11.4 Å². The summed E-state index contributed by atoms with van der Waals surface area (Å²) in [6, 6.07) is 17.7. The van der Waals surface area contributed by atoms with Gasteiger partial charge in [0.05, 0.1) is 19.6 Å². The topological polar surface area (TPSA) is 88.1 Å². The quantitative estimate of drug-likeness (QED) is 0.170. The second-order valence-corrected chi connectivity index (χ2v) is 10.3. The van der Waals surface area contributed by atoms with E-state index in [1.54, 1.807) is 7.11 Å². The van der Waals surface area contributed by atoms with Crippen LogP contribution in [0, 0.1) is 23.4 Å². The highest BCUT2D eigenvalue weighted by molar-refractivity contribution is 5.93. The van der Waals surface area contributed by atoms with Crippen molar-refractivity contribution in [2.45, 2.75) is 38.3 Å². The number of nitrogens with zero attached hydrogens (tertiary/aromatic N) is 1. The molecule has 7 nitrogen and oxygen atoms in total. The van der Waals surface area contributed by atoms with E-state index < -0.39 is 23.2 Å². The predicted molar refractivity (Wildman–Crippen MR) is 156 cm³/mol. The summed E-state index contributed by atoms with van der Waals surface area (Å²) in [7, 11) is 1.64. The van der Waals surface area contributed by atoms with Crippen LogP contribution in [0.1, 0.15) is 36.0 Å². The molecule has 1 amide bonds. The molecule has 0 bridgehead atoms. The molecule has 1 fully saturated rings. The van der Waals surface area contributed by atoms with Gasteiger partial charge in [0, 0.05) is 25.7 Å². The van der Waals surface area contributed by atoms with Gasteiger partial charge in [-0.2, -0.15) is 4.39 Å². The highest BCUT2D eigenvalue weighted by Crippen LogP contribution is 2.34. The Kier molecular flexibility index (Phi) is 11.2. The number of carbonyl (C=O) groups is 2. The molecular weight excluding hydrogens is 561 g/mol. The van der Waals surface area contributed by atoms with E-state index in [0.717, 1.165) is 53.0 Å². The molecule has 2 N–H and O–H groups in total. The fourth-order valence-electron chi connectivity index (χ4n) is 5.10. The molecule has 5 rings (SSSR count). The van der Waals surface area contributed by atoms with Crippen LogP contribution < -0.4 is 14.8 Å². The van der Waals surface area contributed by atoms with Crippen LogP contribution in [0.5, 0.6) is 11.5 Å². The highest BCUT2D eigenvalue weighted by atomic mass is 19.2. The van der Waals surface area contributed by atoms with Crippen molar-refractivity contribution in [2.24, 2.45) is 5.92 Å². The zero-order chi connectivity index (χ0) is 30.8. The lowest BCUT2D eigenvalue weighted by Crippen LogP contribution is -2.43. The van der Waals surface area contributed by atoms with E-state index in [-0.39, 0.29) is 30.9 Å². The number of carboxylic acid groups (broad SMARTS) is 1. The number of nitrogens with one attached hydrogen (secondary N) is 1. The Morgan fingerprint density at radius 3 is 2.47 bits per heavy atom. The first-order valence-corrected chi connectivity index (χ1v) is 14.1. The van der Waals surface area contributed by atoms with Crippen molar-refractivity contribution >= 4 is 18.0 Å². The number of aryl methyl sites for hydroxylation is 1. The molecule has 228 valence electrons. The van der Waals surface area contributed by atoms with Gasteiger partial charge in [-0.3, -0.25) is 9.59 Å². The van der Waals surface area contributed by atoms with E-state index in [9.17, 15) is 18.0 Å². The van der Waals surface area contributed by atoms with Crippen LogP contribution in [0.15, 0.2) is 66.7 Å². The van der Waals surface area contributed by atoms with Crippen LogP contribution in [0.3, 0.4) is 0 Å². The number of methoxy groups -OCH3 is 1. The Labute approximate surface area is 248 Å². The average molecular weight is 597 g/mol. The molecule has 43 heavy (non-hydrogen) atoms. The number of hydrogen-bond donors (Lipinski definition) is 2. The Hall–Kier alpha value is -4.31. The molecule has 3 aromatic rings. The Balaban J connectivity index is 0.00000135. The molecule has 0 aromatic heterocycles. The van der Waals surface area contributed by atoms with Gasteiger partial charge in [-0.15, -0.1) is 0 Å². The van der Waals surface area contributed by atoms with Crippen molar-refractivity contribution in [2.75, 3.05) is 26.8 Å². The van der Waals surface area contributed by atoms with Gasteiger partial charge in [-0.05, 0) is 72.2 Å². The second-order valence-electron chi connectivity index (χ2n) is 10.3. The lowest BCUT2D eigenvalue weighted by atomic mass is 9.88. The number of carbonyl (C=O) groups excluding carboxylic acids is 1. The van der Waals surface area contributed by atoms with Gasteiger partial charge in [0.1, 0.15) is 5.75 Å². The van der Waals surface area contributed by atoms with E-state index in [0.29, 0.717) is 32.5 Å². The zero-order valence-corrected chi connectivity index (χ0v) is 23.9. The first-order chi connectivity index (χ1) is 20.9. The summed E-state index contributed by atoms with van der Waals surface area (Å²) < 4.78 is 51.4. The number of amides is 1. The van der Waals surface area contributed by atoms with Crippen LogP contribution in [-0.4, -0.2) is 55.2 Å². The Morgan fingerprint density at radius 2 is 1.77 bits per heavy atom. The number of hydrogen-bond acceptors (Lipinski definition) is 5. The normalized spacial score (nSPS) is 15.9. The molecule has 0 radical (unpaired) electrons. The van der Waals surface area contributed by atoms with Gasteiger partial charge in [0.15, 0.2) is 17.4 Å². The fraction of sp³-hybridized carbons (Fsp3) is 0.333. The largest absolute Gasteiger partial charge is 0.497 e. The van der Waals surface area contributed by atoms with Crippen molar-refractivity contribution in [1.82, 2.24) is 10.2 Å². The Morgan fingerprint density at radius 1 is 1.05 bits per heavy atom. The summed E-state index contributed by atoms with van der Waals surface area (Å²) in [5.41, 5.74) is 4.10. The third-order valence-electron chi connectivity index (χ3n) is 7.39. The number of rotatable bonds is 11. The van der Waals surface area contributed by atoms with Gasteiger partial charge in [-0.25, -0.2) is 8.78 Å². The van der Waals surface area contributed by atoms with Crippen molar-refractivity contribution < 1.29 is 37.3 Å². The summed E-state index contributed by atoms with van der Waals surface area (Å²) in [6.45, 7) is 1.63. The molecule has 0 spiro atoms. The SMILES string of the molecule is COc1cccc(CN(C(=O)C2CNCC=C2c2ccc(CCCOc3c(F)ccc(F)c3F)cc2)C2CC2)c1.O=CO. The second kappa shape index (κ2) is 15.2. The maximum absolute atomic E-state index is 13.9. The predicted octanol–water partition coefficient (Wildman–Crippen LogP) is 5.62. The zero-order valence-electron chi connectivity index (χ0n) is 23.9.